The van der Waals surface area contributed by atoms with Gasteiger partial charge in [-0.25, -0.2) is 0 Å². The number of anilines is 1. The molecular weight excluding hydrogens is 252 g/mol. The summed E-state index contributed by atoms with van der Waals surface area (Å²) in [4.78, 5) is 18.6. The third-order valence-electron chi connectivity index (χ3n) is 4.60. The van der Waals surface area contributed by atoms with E-state index in [-0.39, 0.29) is 11.9 Å². The quantitative estimate of drug-likeness (QED) is 0.850. The Morgan fingerprint density at radius 3 is 2.45 bits per heavy atom. The third kappa shape index (κ3) is 2.06. The molecule has 0 aromatic carbocycles. The summed E-state index contributed by atoms with van der Waals surface area (Å²) in [6.45, 7) is 3.81. The van der Waals surface area contributed by atoms with Crippen molar-refractivity contribution in [2.45, 2.75) is 57.7 Å². The van der Waals surface area contributed by atoms with Gasteiger partial charge in [0.2, 0.25) is 0 Å². The smallest absolute Gasteiger partial charge is 0.252 e. The first-order chi connectivity index (χ1) is 9.47. The molecule has 1 aromatic rings. The van der Waals surface area contributed by atoms with Crippen LogP contribution >= 0.6 is 0 Å². The van der Waals surface area contributed by atoms with Crippen LogP contribution in [0.3, 0.4) is 0 Å². The lowest BCUT2D eigenvalue weighted by Crippen LogP contribution is -2.48. The van der Waals surface area contributed by atoms with Gasteiger partial charge in [0.15, 0.2) is 0 Å². The molecule has 2 aliphatic heterocycles. The molecule has 20 heavy (non-hydrogen) atoms. The number of carbonyl (C=O) groups excluding carboxylic acids is 1. The standard InChI is InChI=1S/C15H22N4O/c1-8-5-13(14(15(17)20)9(2)18-8)19-11-3-4-12(19)7-10(16)6-11/h5,10-12H,3-4,6-7,16H2,1-2H3,(H2,17,20). The largest absolute Gasteiger partial charge is 0.365 e. The van der Waals surface area contributed by atoms with E-state index in [2.05, 4.69) is 9.88 Å². The Morgan fingerprint density at radius 1 is 1.30 bits per heavy atom. The molecule has 5 heteroatoms. The number of amides is 1. The molecule has 5 nitrogen and oxygen atoms in total. The minimum absolute atomic E-state index is 0.282. The molecule has 1 aromatic heterocycles. The van der Waals surface area contributed by atoms with Crippen LogP contribution in [0, 0.1) is 13.8 Å². The van der Waals surface area contributed by atoms with Gasteiger partial charge in [-0.1, -0.05) is 0 Å². The second kappa shape index (κ2) is 4.74. The molecule has 2 bridgehead atoms. The summed E-state index contributed by atoms with van der Waals surface area (Å²) in [5.74, 6) is -0.390. The van der Waals surface area contributed by atoms with Crippen molar-refractivity contribution in [3.05, 3.63) is 23.0 Å². The number of fused-ring (bicyclic) bond motifs is 2. The first-order valence-electron chi connectivity index (χ1n) is 7.29. The van der Waals surface area contributed by atoms with E-state index in [0.717, 1.165) is 42.8 Å². The number of nitrogens with two attached hydrogens (primary N) is 2. The molecule has 3 rings (SSSR count). The van der Waals surface area contributed by atoms with Crippen molar-refractivity contribution in [3.8, 4) is 0 Å². The number of hydrogen-bond donors (Lipinski definition) is 2. The van der Waals surface area contributed by atoms with Crippen LogP contribution in [0.25, 0.3) is 0 Å². The summed E-state index contributed by atoms with van der Waals surface area (Å²) in [6, 6.07) is 3.14. The molecule has 2 aliphatic rings. The van der Waals surface area contributed by atoms with Gasteiger partial charge in [0.25, 0.3) is 5.91 Å². The van der Waals surface area contributed by atoms with E-state index in [1.807, 2.05) is 19.9 Å². The average molecular weight is 274 g/mol. The molecule has 2 fully saturated rings. The lowest BCUT2D eigenvalue weighted by molar-refractivity contribution is 0.0999. The van der Waals surface area contributed by atoms with Gasteiger partial charge in [0.1, 0.15) is 0 Å². The molecule has 0 aliphatic carbocycles. The van der Waals surface area contributed by atoms with E-state index >= 15 is 0 Å². The molecule has 0 radical (unpaired) electrons. The number of carbonyl (C=O) groups is 1. The van der Waals surface area contributed by atoms with Crippen LogP contribution in [0.5, 0.6) is 0 Å². The van der Waals surface area contributed by atoms with Crippen molar-refractivity contribution in [2.24, 2.45) is 11.5 Å². The van der Waals surface area contributed by atoms with Crippen molar-refractivity contribution < 1.29 is 4.79 Å². The summed E-state index contributed by atoms with van der Waals surface area (Å²) in [5.41, 5.74) is 14.9. The van der Waals surface area contributed by atoms with Gasteiger partial charge < -0.3 is 16.4 Å². The maximum atomic E-state index is 11.8. The van der Waals surface area contributed by atoms with Gasteiger partial charge in [0, 0.05) is 23.8 Å². The molecule has 2 unspecified atom stereocenters. The first kappa shape index (κ1) is 13.4. The third-order valence-corrected chi connectivity index (χ3v) is 4.60. The van der Waals surface area contributed by atoms with Crippen LogP contribution in [0.15, 0.2) is 6.07 Å². The van der Waals surface area contributed by atoms with Crippen molar-refractivity contribution in [3.63, 3.8) is 0 Å². The van der Waals surface area contributed by atoms with Crippen LogP contribution in [-0.2, 0) is 0 Å². The van der Waals surface area contributed by atoms with E-state index in [9.17, 15) is 4.79 Å². The van der Waals surface area contributed by atoms with Crippen LogP contribution in [0.4, 0.5) is 5.69 Å². The predicted molar refractivity (Wildman–Crippen MR) is 78.7 cm³/mol. The number of aryl methyl sites for hydroxylation is 2. The van der Waals surface area contributed by atoms with E-state index in [1.165, 1.54) is 0 Å². The van der Waals surface area contributed by atoms with Gasteiger partial charge >= 0.3 is 0 Å². The fourth-order valence-electron chi connectivity index (χ4n) is 3.93. The van der Waals surface area contributed by atoms with E-state index in [1.54, 1.807) is 0 Å². The maximum Gasteiger partial charge on any atom is 0.252 e. The molecular formula is C15H22N4O. The Bertz CT molecular complexity index is 543. The van der Waals surface area contributed by atoms with E-state index in [0.29, 0.717) is 17.6 Å². The Balaban J connectivity index is 2.08. The molecule has 108 valence electrons. The van der Waals surface area contributed by atoms with Crippen molar-refractivity contribution in [1.82, 2.24) is 4.98 Å². The Kier molecular flexibility index (Phi) is 3.17. The summed E-state index contributed by atoms with van der Waals surface area (Å²) >= 11 is 0. The van der Waals surface area contributed by atoms with Crippen molar-refractivity contribution >= 4 is 11.6 Å². The number of nitrogens with zero attached hydrogens (tertiary/aromatic N) is 2. The Morgan fingerprint density at radius 2 is 1.90 bits per heavy atom. The fraction of sp³-hybridized carbons (Fsp3) is 0.600. The highest BCUT2D eigenvalue weighted by Crippen LogP contribution is 2.40. The monoisotopic (exact) mass is 274 g/mol. The Hall–Kier alpha value is -1.62. The van der Waals surface area contributed by atoms with Gasteiger partial charge in [-0.2, -0.15) is 0 Å². The zero-order valence-corrected chi connectivity index (χ0v) is 12.1. The normalized spacial score (nSPS) is 28.8. The molecule has 2 atom stereocenters. The topological polar surface area (TPSA) is 85.2 Å². The van der Waals surface area contributed by atoms with Gasteiger partial charge in [0.05, 0.1) is 16.9 Å². The molecule has 4 N–H and O–H groups in total. The second-order valence-corrected chi connectivity index (χ2v) is 6.13. The number of pyridine rings is 1. The molecule has 0 saturated carbocycles. The fourth-order valence-corrected chi connectivity index (χ4v) is 3.93. The van der Waals surface area contributed by atoms with Crippen LogP contribution in [0.2, 0.25) is 0 Å². The number of piperidine rings is 1. The van der Waals surface area contributed by atoms with Crippen LogP contribution < -0.4 is 16.4 Å². The minimum atomic E-state index is -0.390. The predicted octanol–water partition coefficient (Wildman–Crippen LogP) is 1.26. The second-order valence-electron chi connectivity index (χ2n) is 6.13. The highest BCUT2D eigenvalue weighted by atomic mass is 16.1. The molecule has 3 heterocycles. The lowest BCUT2D eigenvalue weighted by Gasteiger charge is -2.40. The highest BCUT2D eigenvalue weighted by molar-refractivity contribution is 6.00. The number of hydrogen-bond acceptors (Lipinski definition) is 4. The summed E-state index contributed by atoms with van der Waals surface area (Å²) in [6.07, 6.45) is 4.29. The van der Waals surface area contributed by atoms with E-state index < -0.39 is 0 Å². The SMILES string of the molecule is Cc1cc(N2C3CCC2CC(N)C3)c(C(N)=O)c(C)n1. The molecule has 2 saturated heterocycles. The zero-order chi connectivity index (χ0) is 14.4. The first-order valence-corrected chi connectivity index (χ1v) is 7.29. The van der Waals surface area contributed by atoms with Gasteiger partial charge in [-0.3, -0.25) is 9.78 Å². The van der Waals surface area contributed by atoms with Gasteiger partial charge in [-0.05, 0) is 45.6 Å². The van der Waals surface area contributed by atoms with Crippen molar-refractivity contribution in [1.29, 1.82) is 0 Å². The Labute approximate surface area is 119 Å². The minimum Gasteiger partial charge on any atom is -0.365 e. The van der Waals surface area contributed by atoms with E-state index in [4.69, 9.17) is 11.5 Å². The summed E-state index contributed by atoms with van der Waals surface area (Å²) in [7, 11) is 0. The van der Waals surface area contributed by atoms with Gasteiger partial charge in [-0.15, -0.1) is 0 Å². The average Bonchev–Trinajstić information content (AvgIpc) is 2.60. The summed E-state index contributed by atoms with van der Waals surface area (Å²) in [5, 5.41) is 0. The van der Waals surface area contributed by atoms with Crippen LogP contribution in [-0.4, -0.2) is 29.0 Å². The van der Waals surface area contributed by atoms with Crippen LogP contribution in [0.1, 0.15) is 47.4 Å². The number of aromatic nitrogens is 1. The molecule has 1 amide bonds. The lowest BCUT2D eigenvalue weighted by atomic mass is 9.96. The highest BCUT2D eigenvalue weighted by Gasteiger charge is 2.41. The molecule has 0 spiro atoms. The zero-order valence-electron chi connectivity index (χ0n) is 12.1. The summed E-state index contributed by atoms with van der Waals surface area (Å²) < 4.78 is 0. The number of rotatable bonds is 2. The van der Waals surface area contributed by atoms with Crippen molar-refractivity contribution in [2.75, 3.05) is 4.90 Å². The number of primary amides is 1. The maximum absolute atomic E-state index is 11.8.